The van der Waals surface area contributed by atoms with Gasteiger partial charge in [-0.15, -0.1) is 0 Å². The van der Waals surface area contributed by atoms with Crippen molar-refractivity contribution in [2.45, 2.75) is 25.9 Å². The lowest BCUT2D eigenvalue weighted by Gasteiger charge is -2.12. The fraction of sp³-hybridized carbons (Fsp3) is 0.156. The second-order valence-electron chi connectivity index (χ2n) is 9.72. The van der Waals surface area contributed by atoms with Crippen molar-refractivity contribution in [2.24, 2.45) is 5.73 Å². The molecule has 7 nitrogen and oxygen atoms in total. The number of rotatable bonds is 8. The molecule has 3 aromatic carbocycles. The standard InChI is InChI=1S/C32H26F3N3O4/c1-18-6-10-22(11-7-18)41-23-12-8-19(9-13-23)28-27(30(40)37-2)25-17-24(20-4-3-5-21(16-20)29(36)39)26(38-31(25)42-28)14-15-32(33,34)35/h3-13,16-17H,14-15H2,1-2H3,(H2,36,39)(H,37,40). The van der Waals surface area contributed by atoms with Crippen molar-refractivity contribution in [1.29, 1.82) is 0 Å². The number of alkyl halides is 3. The Balaban J connectivity index is 1.62. The average Bonchev–Trinajstić information content (AvgIpc) is 3.35. The minimum absolute atomic E-state index is 0.00978. The second-order valence-corrected chi connectivity index (χ2v) is 9.72. The number of ether oxygens (including phenoxy) is 1. The number of pyridine rings is 1. The molecule has 5 aromatic rings. The Kier molecular flexibility index (Phi) is 7.71. The normalized spacial score (nSPS) is 11.5. The molecule has 0 bridgehead atoms. The average molecular weight is 574 g/mol. The van der Waals surface area contributed by atoms with Crippen molar-refractivity contribution in [3.05, 3.63) is 101 Å². The number of aryl methyl sites for hydroxylation is 2. The summed E-state index contributed by atoms with van der Waals surface area (Å²) in [6.45, 7) is 1.98. The summed E-state index contributed by atoms with van der Waals surface area (Å²) >= 11 is 0. The molecule has 2 amide bonds. The Labute approximate surface area is 239 Å². The molecular formula is C32H26F3N3O4. The third-order valence-corrected chi connectivity index (χ3v) is 6.69. The number of primary amides is 1. The molecular weight excluding hydrogens is 547 g/mol. The molecule has 0 aliphatic heterocycles. The SMILES string of the molecule is CNC(=O)c1c(-c2ccc(Oc3ccc(C)cc3)cc2)oc2nc(CCC(F)(F)F)c(-c3cccc(C(N)=O)c3)cc12. The predicted molar refractivity (Wildman–Crippen MR) is 152 cm³/mol. The van der Waals surface area contributed by atoms with Crippen LogP contribution in [0.25, 0.3) is 33.6 Å². The zero-order chi connectivity index (χ0) is 30.0. The minimum Gasteiger partial charge on any atom is -0.457 e. The summed E-state index contributed by atoms with van der Waals surface area (Å²) in [5.74, 6) is 0.263. The first-order valence-corrected chi connectivity index (χ1v) is 13.0. The van der Waals surface area contributed by atoms with E-state index in [1.54, 1.807) is 42.5 Å². The topological polar surface area (TPSA) is 107 Å². The van der Waals surface area contributed by atoms with Gasteiger partial charge in [-0.05, 0) is 73.5 Å². The smallest absolute Gasteiger partial charge is 0.389 e. The first-order valence-electron chi connectivity index (χ1n) is 13.0. The number of nitrogens with zero attached hydrogens (tertiary/aromatic N) is 1. The van der Waals surface area contributed by atoms with Gasteiger partial charge in [0.1, 0.15) is 17.3 Å². The number of benzene rings is 3. The third-order valence-electron chi connectivity index (χ3n) is 6.69. The maximum atomic E-state index is 13.2. The molecule has 2 heterocycles. The first kappa shape index (κ1) is 28.4. The van der Waals surface area contributed by atoms with Gasteiger partial charge in [0, 0.05) is 30.2 Å². The highest BCUT2D eigenvalue weighted by Crippen LogP contribution is 2.38. The number of nitrogens with two attached hydrogens (primary N) is 1. The number of hydrogen-bond acceptors (Lipinski definition) is 5. The largest absolute Gasteiger partial charge is 0.457 e. The molecule has 42 heavy (non-hydrogen) atoms. The van der Waals surface area contributed by atoms with Gasteiger partial charge >= 0.3 is 6.18 Å². The maximum Gasteiger partial charge on any atom is 0.389 e. The fourth-order valence-electron chi connectivity index (χ4n) is 4.57. The number of furan rings is 1. The van der Waals surface area contributed by atoms with Crippen molar-refractivity contribution in [3.63, 3.8) is 0 Å². The summed E-state index contributed by atoms with van der Waals surface area (Å²) < 4.78 is 51.6. The van der Waals surface area contributed by atoms with Crippen molar-refractivity contribution < 1.29 is 31.9 Å². The van der Waals surface area contributed by atoms with Crippen LogP contribution in [-0.2, 0) is 6.42 Å². The Bertz CT molecular complexity index is 1780. The molecule has 0 saturated carbocycles. The molecule has 5 rings (SSSR count). The zero-order valence-corrected chi connectivity index (χ0v) is 22.7. The van der Waals surface area contributed by atoms with E-state index in [1.807, 2.05) is 31.2 Å². The van der Waals surface area contributed by atoms with Crippen LogP contribution >= 0.6 is 0 Å². The monoisotopic (exact) mass is 573 g/mol. The van der Waals surface area contributed by atoms with Crippen LogP contribution < -0.4 is 15.8 Å². The molecule has 2 aromatic heterocycles. The highest BCUT2D eigenvalue weighted by atomic mass is 19.4. The van der Waals surface area contributed by atoms with Crippen molar-refractivity contribution in [2.75, 3.05) is 7.05 Å². The summed E-state index contributed by atoms with van der Waals surface area (Å²) in [5.41, 5.74) is 8.30. The quantitative estimate of drug-likeness (QED) is 0.204. The number of amides is 2. The molecule has 0 radical (unpaired) electrons. The van der Waals surface area contributed by atoms with Crippen molar-refractivity contribution >= 4 is 22.9 Å². The van der Waals surface area contributed by atoms with E-state index in [0.29, 0.717) is 33.6 Å². The second kappa shape index (κ2) is 11.4. The molecule has 0 fully saturated rings. The lowest BCUT2D eigenvalue weighted by atomic mass is 9.96. The minimum atomic E-state index is -4.42. The van der Waals surface area contributed by atoms with E-state index >= 15 is 0 Å². The number of aromatic nitrogens is 1. The predicted octanol–water partition coefficient (Wildman–Crippen LogP) is 7.22. The van der Waals surface area contributed by atoms with Gasteiger partial charge in [0.05, 0.1) is 16.6 Å². The highest BCUT2D eigenvalue weighted by Gasteiger charge is 2.29. The lowest BCUT2D eigenvalue weighted by Crippen LogP contribution is -2.18. The van der Waals surface area contributed by atoms with Crippen LogP contribution in [0.3, 0.4) is 0 Å². The molecule has 3 N–H and O–H groups in total. The number of hydrogen-bond donors (Lipinski definition) is 2. The van der Waals surface area contributed by atoms with Gasteiger partial charge in [-0.2, -0.15) is 13.2 Å². The van der Waals surface area contributed by atoms with Gasteiger partial charge in [0.15, 0.2) is 0 Å². The number of nitrogens with one attached hydrogen (secondary N) is 1. The van der Waals surface area contributed by atoms with Gasteiger partial charge in [-0.25, -0.2) is 4.98 Å². The molecule has 214 valence electrons. The summed E-state index contributed by atoms with van der Waals surface area (Å²) in [6, 6.07) is 22.2. The van der Waals surface area contributed by atoms with Crippen LogP contribution in [-0.4, -0.2) is 30.0 Å². The van der Waals surface area contributed by atoms with E-state index in [2.05, 4.69) is 10.3 Å². The highest BCUT2D eigenvalue weighted by molar-refractivity contribution is 6.11. The summed E-state index contributed by atoms with van der Waals surface area (Å²) in [7, 11) is 1.46. The van der Waals surface area contributed by atoms with Crippen LogP contribution in [0.5, 0.6) is 11.5 Å². The van der Waals surface area contributed by atoms with Crippen LogP contribution in [0, 0.1) is 6.92 Å². The number of halogens is 3. The molecule has 0 aliphatic rings. The zero-order valence-electron chi connectivity index (χ0n) is 22.7. The Morgan fingerprint density at radius 2 is 1.62 bits per heavy atom. The van der Waals surface area contributed by atoms with E-state index in [0.717, 1.165) is 5.56 Å². The number of carbonyl (C=O) groups excluding carboxylic acids is 2. The van der Waals surface area contributed by atoms with Gasteiger partial charge in [-0.1, -0.05) is 29.8 Å². The molecule has 0 aliphatic carbocycles. The molecule has 0 spiro atoms. The number of carbonyl (C=O) groups is 2. The van der Waals surface area contributed by atoms with Gasteiger partial charge in [0.25, 0.3) is 5.91 Å². The molecule has 0 saturated heterocycles. The van der Waals surface area contributed by atoms with Crippen LogP contribution in [0.1, 0.15) is 38.4 Å². The Morgan fingerprint density at radius 3 is 2.24 bits per heavy atom. The van der Waals surface area contributed by atoms with E-state index < -0.39 is 30.8 Å². The third kappa shape index (κ3) is 6.12. The van der Waals surface area contributed by atoms with E-state index in [-0.39, 0.29) is 28.3 Å². The lowest BCUT2D eigenvalue weighted by molar-refractivity contribution is -0.134. The Hall–Kier alpha value is -5.12. The van der Waals surface area contributed by atoms with E-state index in [1.165, 1.54) is 19.2 Å². The van der Waals surface area contributed by atoms with E-state index in [4.69, 9.17) is 14.9 Å². The molecule has 0 atom stereocenters. The fourth-order valence-corrected chi connectivity index (χ4v) is 4.57. The first-order chi connectivity index (χ1) is 20.0. The summed E-state index contributed by atoms with van der Waals surface area (Å²) in [6.07, 6.45) is -5.98. The van der Waals surface area contributed by atoms with Crippen molar-refractivity contribution in [3.8, 4) is 33.9 Å². The Morgan fingerprint density at radius 1 is 0.952 bits per heavy atom. The molecule has 10 heteroatoms. The van der Waals surface area contributed by atoms with Gasteiger partial charge in [0.2, 0.25) is 11.6 Å². The summed E-state index contributed by atoms with van der Waals surface area (Å²) in [4.78, 5) is 29.4. The summed E-state index contributed by atoms with van der Waals surface area (Å²) in [5, 5.41) is 2.91. The number of fused-ring (bicyclic) bond motifs is 1. The van der Waals surface area contributed by atoms with Crippen LogP contribution in [0.15, 0.2) is 83.3 Å². The molecule has 0 unspecified atom stereocenters. The van der Waals surface area contributed by atoms with Crippen LogP contribution in [0.4, 0.5) is 13.2 Å². The van der Waals surface area contributed by atoms with Gasteiger partial charge in [-0.3, -0.25) is 9.59 Å². The maximum absolute atomic E-state index is 13.2. The van der Waals surface area contributed by atoms with Crippen molar-refractivity contribution in [1.82, 2.24) is 10.3 Å². The van der Waals surface area contributed by atoms with Gasteiger partial charge < -0.3 is 20.2 Å². The van der Waals surface area contributed by atoms with Crippen LogP contribution in [0.2, 0.25) is 0 Å². The van der Waals surface area contributed by atoms with E-state index in [9.17, 15) is 22.8 Å².